The number of anilines is 1. The highest BCUT2D eigenvalue weighted by atomic mass is 127. The minimum Gasteiger partial charge on any atom is -0.465 e. The number of guanidine groups is 1. The molecule has 1 atom stereocenters. The van der Waals surface area contributed by atoms with E-state index in [1.807, 2.05) is 18.2 Å². The number of nitrogens with zero attached hydrogens (tertiary/aromatic N) is 2. The molecule has 2 aromatic rings. The van der Waals surface area contributed by atoms with Crippen LogP contribution in [0.5, 0.6) is 0 Å². The van der Waals surface area contributed by atoms with Gasteiger partial charge in [-0.1, -0.05) is 17.7 Å². The molecule has 2 heterocycles. The second-order valence-electron chi connectivity index (χ2n) is 6.66. The van der Waals surface area contributed by atoms with Gasteiger partial charge in [-0.25, -0.2) is 4.79 Å². The van der Waals surface area contributed by atoms with E-state index in [0.29, 0.717) is 29.6 Å². The molecular formula is C20H26ClIN4O3. The van der Waals surface area contributed by atoms with Crippen molar-refractivity contribution in [2.45, 2.75) is 25.9 Å². The Morgan fingerprint density at radius 2 is 2.21 bits per heavy atom. The number of nitrogens with one attached hydrogen (secondary N) is 2. The van der Waals surface area contributed by atoms with E-state index < -0.39 is 5.97 Å². The lowest BCUT2D eigenvalue weighted by Gasteiger charge is -2.20. The fraction of sp³-hybridized carbons (Fsp3) is 0.400. The molecule has 1 fully saturated rings. The SMILES string of the molecule is CN=C(NCc1cc(C(=O)OC)c(C)o1)NC1CCN(c2cccc(Cl)c2)C1.I. The summed E-state index contributed by atoms with van der Waals surface area (Å²) in [6.07, 6.45) is 1.000. The van der Waals surface area contributed by atoms with Crippen molar-refractivity contribution in [2.24, 2.45) is 4.99 Å². The highest BCUT2D eigenvalue weighted by Gasteiger charge is 2.24. The Labute approximate surface area is 192 Å². The van der Waals surface area contributed by atoms with E-state index in [2.05, 4.69) is 26.6 Å². The number of aliphatic imine (C=N–C) groups is 1. The number of benzene rings is 1. The van der Waals surface area contributed by atoms with Gasteiger partial charge in [-0.05, 0) is 37.6 Å². The first-order valence-corrected chi connectivity index (χ1v) is 9.53. The molecule has 9 heteroatoms. The molecule has 0 radical (unpaired) electrons. The molecule has 1 saturated heterocycles. The molecule has 1 aromatic heterocycles. The Bertz CT molecular complexity index is 871. The van der Waals surface area contributed by atoms with Crippen LogP contribution in [-0.4, -0.2) is 45.2 Å². The number of carbonyl (C=O) groups is 1. The van der Waals surface area contributed by atoms with Crippen molar-refractivity contribution >= 4 is 53.2 Å². The first-order valence-electron chi connectivity index (χ1n) is 9.15. The number of halogens is 2. The number of aryl methyl sites for hydroxylation is 1. The fourth-order valence-corrected chi connectivity index (χ4v) is 3.47. The van der Waals surface area contributed by atoms with E-state index in [1.54, 1.807) is 20.0 Å². The van der Waals surface area contributed by atoms with Crippen molar-refractivity contribution in [3.05, 3.63) is 52.4 Å². The topological polar surface area (TPSA) is 79.1 Å². The normalized spacial score (nSPS) is 16.3. The van der Waals surface area contributed by atoms with Crippen molar-refractivity contribution < 1.29 is 13.9 Å². The predicted molar refractivity (Wildman–Crippen MR) is 126 cm³/mol. The number of methoxy groups -OCH3 is 1. The van der Waals surface area contributed by atoms with E-state index >= 15 is 0 Å². The van der Waals surface area contributed by atoms with Gasteiger partial charge in [0.2, 0.25) is 0 Å². The van der Waals surface area contributed by atoms with E-state index in [-0.39, 0.29) is 30.0 Å². The number of carbonyl (C=O) groups excluding carboxylic acids is 1. The highest BCUT2D eigenvalue weighted by molar-refractivity contribution is 14.0. The van der Waals surface area contributed by atoms with Gasteiger partial charge in [-0.3, -0.25) is 4.99 Å². The summed E-state index contributed by atoms with van der Waals surface area (Å²) in [4.78, 5) is 18.3. The highest BCUT2D eigenvalue weighted by Crippen LogP contribution is 2.23. The molecule has 158 valence electrons. The monoisotopic (exact) mass is 532 g/mol. The second-order valence-corrected chi connectivity index (χ2v) is 7.09. The molecule has 0 amide bonds. The number of hydrogen-bond acceptors (Lipinski definition) is 5. The minimum absolute atomic E-state index is 0. The summed E-state index contributed by atoms with van der Waals surface area (Å²) >= 11 is 6.10. The van der Waals surface area contributed by atoms with Crippen molar-refractivity contribution in [1.82, 2.24) is 10.6 Å². The number of hydrogen-bond donors (Lipinski definition) is 2. The zero-order chi connectivity index (χ0) is 20.1. The Balaban J connectivity index is 0.00000300. The van der Waals surface area contributed by atoms with E-state index in [0.717, 1.165) is 30.2 Å². The molecule has 0 spiro atoms. The third-order valence-electron chi connectivity index (χ3n) is 4.73. The summed E-state index contributed by atoms with van der Waals surface area (Å²) in [5.41, 5.74) is 1.57. The number of ether oxygens (including phenoxy) is 1. The largest absolute Gasteiger partial charge is 0.465 e. The standard InChI is InChI=1S/C20H25ClN4O3.HI/c1-13-18(19(26)27-3)10-17(28-13)11-23-20(22-2)24-15-7-8-25(12-15)16-6-4-5-14(21)9-16;/h4-6,9-10,15H,7-8,11-12H2,1-3H3,(H2,22,23,24);1H. The van der Waals surface area contributed by atoms with E-state index in [4.69, 9.17) is 20.8 Å². The van der Waals surface area contributed by atoms with Crippen molar-refractivity contribution in [3.8, 4) is 0 Å². The summed E-state index contributed by atoms with van der Waals surface area (Å²) in [6, 6.07) is 9.86. The quantitative estimate of drug-likeness (QED) is 0.265. The van der Waals surface area contributed by atoms with Crippen LogP contribution in [0.4, 0.5) is 5.69 Å². The van der Waals surface area contributed by atoms with Crippen LogP contribution >= 0.6 is 35.6 Å². The number of esters is 1. The maximum atomic E-state index is 11.7. The number of rotatable bonds is 5. The van der Waals surface area contributed by atoms with Crippen LogP contribution in [0.2, 0.25) is 5.02 Å². The molecule has 1 aliphatic heterocycles. The average Bonchev–Trinajstić information content (AvgIpc) is 3.31. The van der Waals surface area contributed by atoms with Gasteiger partial charge in [0.15, 0.2) is 5.96 Å². The fourth-order valence-electron chi connectivity index (χ4n) is 3.29. The molecule has 1 aromatic carbocycles. The Morgan fingerprint density at radius 1 is 1.41 bits per heavy atom. The van der Waals surface area contributed by atoms with E-state index in [9.17, 15) is 4.79 Å². The summed E-state index contributed by atoms with van der Waals surface area (Å²) in [6.45, 7) is 3.98. The predicted octanol–water partition coefficient (Wildman–Crippen LogP) is 3.59. The third kappa shape index (κ3) is 6.02. The zero-order valence-corrected chi connectivity index (χ0v) is 19.8. The molecule has 29 heavy (non-hydrogen) atoms. The molecule has 1 aliphatic rings. The van der Waals surface area contributed by atoms with Crippen molar-refractivity contribution in [2.75, 3.05) is 32.1 Å². The van der Waals surface area contributed by atoms with Crippen molar-refractivity contribution in [3.63, 3.8) is 0 Å². The van der Waals surface area contributed by atoms with Gasteiger partial charge >= 0.3 is 5.97 Å². The van der Waals surface area contributed by atoms with Crippen LogP contribution in [0.25, 0.3) is 0 Å². The summed E-state index contributed by atoms with van der Waals surface area (Å²) < 4.78 is 10.4. The first kappa shape index (κ1) is 23.3. The second kappa shape index (κ2) is 10.7. The average molecular weight is 533 g/mol. The van der Waals surface area contributed by atoms with Gasteiger partial charge in [0, 0.05) is 36.9 Å². The number of furan rings is 1. The van der Waals surface area contributed by atoms with Crippen LogP contribution in [0.1, 0.15) is 28.3 Å². The Morgan fingerprint density at radius 3 is 2.90 bits per heavy atom. The van der Waals surface area contributed by atoms with Crippen LogP contribution < -0.4 is 15.5 Å². The zero-order valence-electron chi connectivity index (χ0n) is 16.7. The molecule has 0 saturated carbocycles. The lowest BCUT2D eigenvalue weighted by Crippen LogP contribution is -2.44. The Kier molecular flexibility index (Phi) is 8.63. The van der Waals surface area contributed by atoms with Gasteiger partial charge in [-0.15, -0.1) is 24.0 Å². The third-order valence-corrected chi connectivity index (χ3v) is 4.97. The summed E-state index contributed by atoms with van der Waals surface area (Å²) in [7, 11) is 3.08. The smallest absolute Gasteiger partial charge is 0.341 e. The molecule has 3 rings (SSSR count). The lowest BCUT2D eigenvalue weighted by atomic mass is 10.2. The minimum atomic E-state index is -0.401. The summed E-state index contributed by atoms with van der Waals surface area (Å²) in [5, 5.41) is 7.41. The Hall–Kier alpha value is -1.94. The molecular weight excluding hydrogens is 507 g/mol. The van der Waals surface area contributed by atoms with Crippen LogP contribution in [-0.2, 0) is 11.3 Å². The lowest BCUT2D eigenvalue weighted by molar-refractivity contribution is 0.0599. The maximum absolute atomic E-state index is 11.7. The first-order chi connectivity index (χ1) is 13.5. The van der Waals surface area contributed by atoms with Gasteiger partial charge in [-0.2, -0.15) is 0 Å². The van der Waals surface area contributed by atoms with E-state index in [1.165, 1.54) is 7.11 Å². The van der Waals surface area contributed by atoms with Crippen molar-refractivity contribution in [1.29, 1.82) is 0 Å². The van der Waals surface area contributed by atoms with Gasteiger partial charge in [0.25, 0.3) is 0 Å². The molecule has 0 aliphatic carbocycles. The van der Waals surface area contributed by atoms with Crippen LogP contribution in [0, 0.1) is 6.92 Å². The molecule has 1 unspecified atom stereocenters. The van der Waals surface area contributed by atoms with Crippen LogP contribution in [0.3, 0.4) is 0 Å². The molecule has 7 nitrogen and oxygen atoms in total. The molecule has 2 N–H and O–H groups in total. The summed E-state index contributed by atoms with van der Waals surface area (Å²) in [5.74, 6) is 1.47. The molecule has 0 bridgehead atoms. The van der Waals surface area contributed by atoms with Gasteiger partial charge in [0.1, 0.15) is 17.1 Å². The van der Waals surface area contributed by atoms with Gasteiger partial charge in [0.05, 0.1) is 13.7 Å². The van der Waals surface area contributed by atoms with Gasteiger partial charge < -0.3 is 24.7 Å². The van der Waals surface area contributed by atoms with Crippen LogP contribution in [0.15, 0.2) is 39.7 Å². The maximum Gasteiger partial charge on any atom is 0.341 e.